The van der Waals surface area contributed by atoms with Gasteiger partial charge in [0, 0.05) is 0 Å². The largest absolute Gasteiger partial charge is 0.541 e. The van der Waals surface area contributed by atoms with Gasteiger partial charge in [-0.15, -0.1) is 0 Å². The van der Waals surface area contributed by atoms with Gasteiger partial charge in [-0.25, -0.2) is 4.39 Å². The summed E-state index contributed by atoms with van der Waals surface area (Å²) in [6, 6.07) is 0. The SMILES string of the molecule is [B]OC(=O)CF. The molecule has 0 aromatic heterocycles. The van der Waals surface area contributed by atoms with E-state index in [0.29, 0.717) is 0 Å². The predicted octanol–water partition coefficient (Wildman–Crippen LogP) is -0.417. The Labute approximate surface area is 35.7 Å². The minimum Gasteiger partial charge on any atom is -0.541 e. The molecule has 0 amide bonds. The van der Waals surface area contributed by atoms with E-state index in [1.807, 2.05) is 0 Å². The Morgan fingerprint density at radius 2 is 2.50 bits per heavy atom. The van der Waals surface area contributed by atoms with E-state index in [1.54, 1.807) is 0 Å². The molecule has 32 valence electrons. The van der Waals surface area contributed by atoms with Crippen molar-refractivity contribution >= 4 is 14.0 Å². The van der Waals surface area contributed by atoms with Crippen LogP contribution >= 0.6 is 0 Å². The first-order valence-corrected chi connectivity index (χ1v) is 1.26. The van der Waals surface area contributed by atoms with Crippen LogP contribution in [0.1, 0.15) is 0 Å². The Morgan fingerprint density at radius 3 is 2.50 bits per heavy atom. The van der Waals surface area contributed by atoms with Crippen LogP contribution in [-0.2, 0) is 9.45 Å². The second kappa shape index (κ2) is 2.69. The summed E-state index contributed by atoms with van der Waals surface area (Å²) in [5.41, 5.74) is 0. The highest BCUT2D eigenvalue weighted by Gasteiger charge is 1.91. The molecule has 0 rings (SSSR count). The number of rotatable bonds is 1. The Balaban J connectivity index is 2.99. The molecule has 2 radical (unpaired) electrons. The zero-order valence-electron chi connectivity index (χ0n) is 2.98. The van der Waals surface area contributed by atoms with Gasteiger partial charge >= 0.3 is 14.0 Å². The topological polar surface area (TPSA) is 26.3 Å². The number of carbonyl (C=O) groups is 1. The van der Waals surface area contributed by atoms with Crippen molar-refractivity contribution in [3.8, 4) is 0 Å². The average Bonchev–Trinajstić information content (AvgIpc) is 1.65. The Kier molecular flexibility index (Phi) is 2.45. The summed E-state index contributed by atoms with van der Waals surface area (Å²) in [6.07, 6.45) is 0. The second-order valence-electron chi connectivity index (χ2n) is 0.623. The molecule has 6 heavy (non-hydrogen) atoms. The van der Waals surface area contributed by atoms with Gasteiger partial charge in [0.15, 0.2) is 6.67 Å². The van der Waals surface area contributed by atoms with Crippen LogP contribution in [-0.4, -0.2) is 20.7 Å². The quantitative estimate of drug-likeness (QED) is 0.407. The fraction of sp³-hybridized carbons (Fsp3) is 0.500. The van der Waals surface area contributed by atoms with Gasteiger partial charge in [0.2, 0.25) is 0 Å². The molecule has 0 bridgehead atoms. The van der Waals surface area contributed by atoms with E-state index < -0.39 is 12.6 Å². The molecule has 0 fully saturated rings. The minimum atomic E-state index is -1.16. The normalized spacial score (nSPS) is 7.50. The minimum absolute atomic E-state index is 1.05. The van der Waals surface area contributed by atoms with E-state index in [0.717, 1.165) is 0 Å². The monoisotopic (exact) mass is 88.0 g/mol. The van der Waals surface area contributed by atoms with Gasteiger partial charge in [-0.2, -0.15) is 0 Å². The maximum atomic E-state index is 10.8. The van der Waals surface area contributed by atoms with Crippen molar-refractivity contribution in [2.45, 2.75) is 0 Å². The molecule has 0 heterocycles. The van der Waals surface area contributed by atoms with E-state index in [1.165, 1.54) is 0 Å². The summed E-state index contributed by atoms with van der Waals surface area (Å²) in [5, 5.41) is 0. The maximum absolute atomic E-state index is 10.8. The second-order valence-corrected chi connectivity index (χ2v) is 0.623. The van der Waals surface area contributed by atoms with Crippen molar-refractivity contribution in [3.05, 3.63) is 0 Å². The third-order valence-electron chi connectivity index (χ3n) is 0.241. The van der Waals surface area contributed by atoms with E-state index in [4.69, 9.17) is 0 Å². The van der Waals surface area contributed by atoms with Gasteiger partial charge in [0.25, 0.3) is 0 Å². The van der Waals surface area contributed by atoms with Crippen molar-refractivity contribution in [2.75, 3.05) is 6.67 Å². The van der Waals surface area contributed by atoms with Crippen LogP contribution in [0.25, 0.3) is 0 Å². The van der Waals surface area contributed by atoms with Crippen molar-refractivity contribution in [2.24, 2.45) is 0 Å². The number of hydrogen-bond donors (Lipinski definition) is 0. The van der Waals surface area contributed by atoms with Crippen LogP contribution in [0.15, 0.2) is 0 Å². The number of carbonyl (C=O) groups excluding carboxylic acids is 1. The third kappa shape index (κ3) is 1.75. The highest BCUT2D eigenvalue weighted by Crippen LogP contribution is 1.69. The lowest BCUT2D eigenvalue weighted by Gasteiger charge is -1.85. The fourth-order valence-electron chi connectivity index (χ4n) is 0.0315. The van der Waals surface area contributed by atoms with Crippen LogP contribution in [0, 0.1) is 0 Å². The van der Waals surface area contributed by atoms with Gasteiger partial charge < -0.3 is 4.65 Å². The van der Waals surface area contributed by atoms with E-state index in [-0.39, 0.29) is 0 Å². The van der Waals surface area contributed by atoms with Crippen LogP contribution in [0.3, 0.4) is 0 Å². The summed E-state index contributed by atoms with van der Waals surface area (Å²) < 4.78 is 14.2. The lowest BCUT2D eigenvalue weighted by Crippen LogP contribution is -2.01. The lowest BCUT2D eigenvalue weighted by atomic mass is 10.6. The third-order valence-corrected chi connectivity index (χ3v) is 0.241. The standard InChI is InChI=1S/C2H2BFO2/c3-6-2(5)1-4/h1H2. The number of hydrogen-bond acceptors (Lipinski definition) is 2. The van der Waals surface area contributed by atoms with Crippen LogP contribution in [0.4, 0.5) is 4.39 Å². The Hall–Kier alpha value is -0.535. The van der Waals surface area contributed by atoms with E-state index in [2.05, 4.69) is 12.7 Å². The molecule has 2 nitrogen and oxygen atoms in total. The molecule has 0 atom stereocenters. The van der Waals surface area contributed by atoms with E-state index in [9.17, 15) is 9.18 Å². The molecule has 0 N–H and O–H groups in total. The van der Waals surface area contributed by atoms with Gasteiger partial charge in [-0.3, -0.25) is 4.79 Å². The molecule has 0 aromatic carbocycles. The maximum Gasteiger partial charge on any atom is 0.378 e. The van der Waals surface area contributed by atoms with E-state index >= 15 is 0 Å². The van der Waals surface area contributed by atoms with Gasteiger partial charge in [0.1, 0.15) is 0 Å². The highest BCUT2D eigenvalue weighted by molar-refractivity contribution is 6.05. The molecule has 4 heteroatoms. The molecule has 0 aliphatic rings. The zero-order valence-corrected chi connectivity index (χ0v) is 2.98. The fourth-order valence-corrected chi connectivity index (χ4v) is 0.0315. The highest BCUT2D eigenvalue weighted by atomic mass is 19.1. The van der Waals surface area contributed by atoms with Crippen LogP contribution in [0.5, 0.6) is 0 Å². The summed E-state index contributed by atoms with van der Waals surface area (Å²) in [5.74, 6) is -1.05. The van der Waals surface area contributed by atoms with Gasteiger partial charge in [-0.05, 0) is 0 Å². The smallest absolute Gasteiger partial charge is 0.378 e. The first-order valence-electron chi connectivity index (χ1n) is 1.26. The number of halogens is 1. The Bertz CT molecular complexity index is 49.5. The molecular weight excluding hydrogens is 85.8 g/mol. The molecule has 0 spiro atoms. The summed E-state index contributed by atoms with van der Waals surface area (Å²) >= 11 is 0. The first kappa shape index (κ1) is 5.46. The molecule has 0 saturated heterocycles. The van der Waals surface area contributed by atoms with Crippen LogP contribution < -0.4 is 0 Å². The molecule has 0 unspecified atom stereocenters. The summed E-state index contributed by atoms with van der Waals surface area (Å²) in [4.78, 5) is 9.46. The average molecular weight is 87.8 g/mol. The molecule has 0 saturated carbocycles. The molecule has 0 aliphatic carbocycles. The van der Waals surface area contributed by atoms with Crippen molar-refractivity contribution in [1.82, 2.24) is 0 Å². The summed E-state index contributed by atoms with van der Waals surface area (Å²) in [6.45, 7) is -1.16. The molecular formula is C2H2BFO2. The summed E-state index contributed by atoms with van der Waals surface area (Å²) in [7, 11) is 4.19. The molecule has 0 aromatic rings. The lowest BCUT2D eigenvalue weighted by molar-refractivity contribution is -0.134. The predicted molar refractivity (Wildman–Crippen MR) is 17.8 cm³/mol. The van der Waals surface area contributed by atoms with Crippen molar-refractivity contribution in [1.29, 1.82) is 0 Å². The molecule has 0 aliphatic heterocycles. The van der Waals surface area contributed by atoms with Crippen LogP contribution in [0.2, 0.25) is 0 Å². The number of alkyl halides is 1. The first-order chi connectivity index (χ1) is 2.81. The van der Waals surface area contributed by atoms with Crippen molar-refractivity contribution < 1.29 is 13.8 Å². The van der Waals surface area contributed by atoms with Gasteiger partial charge in [-0.1, -0.05) is 0 Å². The Morgan fingerprint density at radius 1 is 2.00 bits per heavy atom. The van der Waals surface area contributed by atoms with Gasteiger partial charge in [0.05, 0.1) is 0 Å². The van der Waals surface area contributed by atoms with Crippen molar-refractivity contribution in [3.63, 3.8) is 0 Å². The zero-order chi connectivity index (χ0) is 4.99.